The Labute approximate surface area is 184 Å². The number of hydrogen-bond acceptors (Lipinski definition) is 3. The van der Waals surface area contributed by atoms with Gasteiger partial charge in [0, 0.05) is 26.3 Å². The molecule has 2 heterocycles. The molecule has 1 aromatic heterocycles. The molecule has 1 aliphatic carbocycles. The molecule has 1 N–H and O–H groups in total. The molecular formula is C25H33FN4O. The number of likely N-dealkylation sites (tertiary alicyclic amines) is 1. The van der Waals surface area contributed by atoms with E-state index in [0.29, 0.717) is 18.0 Å². The lowest BCUT2D eigenvalue weighted by Crippen LogP contribution is -2.38. The van der Waals surface area contributed by atoms with E-state index in [0.717, 1.165) is 49.5 Å². The molecule has 1 saturated heterocycles. The highest BCUT2D eigenvalue weighted by Gasteiger charge is 2.25. The topological polar surface area (TPSA) is 50.2 Å². The molecule has 2 aliphatic rings. The van der Waals surface area contributed by atoms with Crippen molar-refractivity contribution in [2.45, 2.75) is 45.1 Å². The van der Waals surface area contributed by atoms with Gasteiger partial charge in [-0.25, -0.2) is 4.39 Å². The van der Waals surface area contributed by atoms with E-state index in [-0.39, 0.29) is 11.7 Å². The first-order chi connectivity index (χ1) is 15.1. The Kier molecular flexibility index (Phi) is 7.17. The second-order valence-electron chi connectivity index (χ2n) is 9.07. The second-order valence-corrected chi connectivity index (χ2v) is 9.07. The average molecular weight is 425 g/mol. The molecule has 31 heavy (non-hydrogen) atoms. The molecule has 1 fully saturated rings. The predicted molar refractivity (Wildman–Crippen MR) is 120 cm³/mol. The number of piperidine rings is 1. The largest absolute Gasteiger partial charge is 0.348 e. The van der Waals surface area contributed by atoms with Crippen LogP contribution in [0.1, 0.15) is 53.7 Å². The van der Waals surface area contributed by atoms with Crippen LogP contribution >= 0.6 is 0 Å². The van der Waals surface area contributed by atoms with Crippen molar-refractivity contribution >= 4 is 5.91 Å². The lowest BCUT2D eigenvalue weighted by Gasteiger charge is -2.34. The number of amides is 1. The Morgan fingerprint density at radius 2 is 1.90 bits per heavy atom. The number of carbonyl (C=O) groups is 1. The van der Waals surface area contributed by atoms with Gasteiger partial charge < -0.3 is 10.2 Å². The van der Waals surface area contributed by atoms with Gasteiger partial charge in [-0.15, -0.1) is 0 Å². The number of benzene rings is 1. The minimum atomic E-state index is -0.272. The molecule has 0 saturated carbocycles. The molecule has 1 amide bonds. The van der Waals surface area contributed by atoms with Crippen molar-refractivity contribution in [1.29, 1.82) is 0 Å². The number of allylic oxidation sites excluding steroid dienone is 2. The van der Waals surface area contributed by atoms with Crippen molar-refractivity contribution < 1.29 is 9.18 Å². The summed E-state index contributed by atoms with van der Waals surface area (Å²) in [6.07, 6.45) is 13.4. The highest BCUT2D eigenvalue weighted by atomic mass is 19.1. The summed E-state index contributed by atoms with van der Waals surface area (Å²) in [6.45, 7) is 3.88. The lowest BCUT2D eigenvalue weighted by molar-refractivity contribution is 0.0949. The third-order valence-corrected chi connectivity index (χ3v) is 6.60. The molecule has 0 unspecified atom stereocenters. The number of aryl methyl sites for hydroxylation is 1. The van der Waals surface area contributed by atoms with E-state index in [2.05, 4.69) is 27.5 Å². The molecular weight excluding hydrogens is 391 g/mol. The van der Waals surface area contributed by atoms with Crippen LogP contribution in [0, 0.1) is 17.7 Å². The van der Waals surface area contributed by atoms with Crippen molar-refractivity contribution in [2.75, 3.05) is 19.6 Å². The number of rotatable bonds is 7. The van der Waals surface area contributed by atoms with Crippen LogP contribution in [0.3, 0.4) is 0 Å². The van der Waals surface area contributed by atoms with Gasteiger partial charge in [0.05, 0.1) is 11.3 Å². The third kappa shape index (κ3) is 6.03. The molecule has 1 aliphatic heterocycles. The van der Waals surface area contributed by atoms with Crippen LogP contribution in [0.2, 0.25) is 0 Å². The van der Waals surface area contributed by atoms with E-state index in [1.807, 2.05) is 7.05 Å². The normalized spacial score (nSPS) is 20.1. The molecule has 4 rings (SSSR count). The van der Waals surface area contributed by atoms with E-state index in [1.165, 1.54) is 37.9 Å². The molecule has 166 valence electrons. The van der Waals surface area contributed by atoms with Gasteiger partial charge in [-0.05, 0) is 81.1 Å². The molecule has 0 bridgehead atoms. The highest BCUT2D eigenvalue weighted by molar-refractivity contribution is 5.95. The van der Waals surface area contributed by atoms with Gasteiger partial charge in [0.1, 0.15) is 5.82 Å². The highest BCUT2D eigenvalue weighted by Crippen LogP contribution is 2.26. The predicted octanol–water partition coefficient (Wildman–Crippen LogP) is 4.10. The molecule has 1 aromatic carbocycles. The maximum Gasteiger partial charge on any atom is 0.255 e. The van der Waals surface area contributed by atoms with E-state index < -0.39 is 0 Å². The number of hydrogen-bond donors (Lipinski definition) is 1. The van der Waals surface area contributed by atoms with Crippen LogP contribution in [0.15, 0.2) is 42.6 Å². The van der Waals surface area contributed by atoms with Crippen molar-refractivity contribution in [1.82, 2.24) is 20.0 Å². The number of aromatic nitrogens is 2. The number of nitrogens with one attached hydrogen (secondary N) is 1. The van der Waals surface area contributed by atoms with Gasteiger partial charge in [-0.1, -0.05) is 24.3 Å². The van der Waals surface area contributed by atoms with Crippen LogP contribution in [0.5, 0.6) is 0 Å². The Morgan fingerprint density at radius 3 is 2.61 bits per heavy atom. The van der Waals surface area contributed by atoms with Crippen molar-refractivity contribution in [3.8, 4) is 0 Å². The van der Waals surface area contributed by atoms with Crippen molar-refractivity contribution in [3.63, 3.8) is 0 Å². The fraction of sp³-hybridized carbons (Fsp3) is 0.520. The first-order valence-electron chi connectivity index (χ1n) is 11.5. The third-order valence-electron chi connectivity index (χ3n) is 6.60. The average Bonchev–Trinajstić information content (AvgIpc) is 3.15. The number of carbonyl (C=O) groups excluding carboxylic acids is 1. The van der Waals surface area contributed by atoms with Crippen LogP contribution in [-0.4, -0.2) is 40.2 Å². The Morgan fingerprint density at radius 1 is 1.13 bits per heavy atom. The van der Waals surface area contributed by atoms with Crippen molar-refractivity contribution in [3.05, 3.63) is 65.3 Å². The van der Waals surface area contributed by atoms with E-state index in [4.69, 9.17) is 0 Å². The number of nitrogens with zero attached hydrogens (tertiary/aromatic N) is 3. The summed E-state index contributed by atoms with van der Waals surface area (Å²) in [5.74, 6) is 0.997. The quantitative estimate of drug-likeness (QED) is 0.681. The van der Waals surface area contributed by atoms with E-state index in [9.17, 15) is 9.18 Å². The van der Waals surface area contributed by atoms with E-state index >= 15 is 0 Å². The second kappa shape index (κ2) is 10.2. The lowest BCUT2D eigenvalue weighted by atomic mass is 9.89. The van der Waals surface area contributed by atoms with Gasteiger partial charge >= 0.3 is 0 Å². The van der Waals surface area contributed by atoms with Crippen molar-refractivity contribution in [2.24, 2.45) is 18.9 Å². The van der Waals surface area contributed by atoms with E-state index in [1.54, 1.807) is 23.0 Å². The summed E-state index contributed by atoms with van der Waals surface area (Å²) in [7, 11) is 1.86. The van der Waals surface area contributed by atoms with Gasteiger partial charge in [0.15, 0.2) is 0 Å². The molecule has 5 nitrogen and oxygen atoms in total. The smallest absolute Gasteiger partial charge is 0.255 e. The van der Waals surface area contributed by atoms with Crippen LogP contribution in [0.4, 0.5) is 4.39 Å². The molecule has 0 radical (unpaired) electrons. The zero-order valence-corrected chi connectivity index (χ0v) is 18.4. The monoisotopic (exact) mass is 424 g/mol. The summed E-state index contributed by atoms with van der Waals surface area (Å²) in [6, 6.07) is 6.21. The Bertz CT molecular complexity index is 897. The molecule has 6 heteroatoms. The fourth-order valence-electron chi connectivity index (χ4n) is 4.79. The standard InChI is InChI=1S/C25H33FN4O/c1-29-18-23(25(31)27-16-20-7-9-22(26)10-8-20)24(28-29)15-19-11-13-30(14-12-19)17-21-5-3-2-4-6-21/h2-3,7-10,18-19,21H,4-6,11-17H2,1H3,(H,27,31)/t21-/m0/s1. The SMILES string of the molecule is Cn1cc(C(=O)NCc2ccc(F)cc2)c(CC2CCN(C[C@H]3CC=CCC3)CC2)n1. The molecule has 1 atom stereocenters. The molecule has 2 aromatic rings. The van der Waals surface area contributed by atoms with Gasteiger partial charge in [-0.2, -0.15) is 5.10 Å². The van der Waals surface area contributed by atoms with Crippen LogP contribution in [0.25, 0.3) is 0 Å². The maximum atomic E-state index is 13.1. The van der Waals surface area contributed by atoms with Gasteiger partial charge in [0.2, 0.25) is 0 Å². The minimum absolute atomic E-state index is 0.116. The van der Waals surface area contributed by atoms with Gasteiger partial charge in [0.25, 0.3) is 5.91 Å². The Hall–Kier alpha value is -2.47. The summed E-state index contributed by atoms with van der Waals surface area (Å²) in [5, 5.41) is 7.54. The first-order valence-corrected chi connectivity index (χ1v) is 11.5. The minimum Gasteiger partial charge on any atom is -0.348 e. The molecule has 0 spiro atoms. The zero-order valence-electron chi connectivity index (χ0n) is 18.4. The van der Waals surface area contributed by atoms with Crippen LogP contribution < -0.4 is 5.32 Å². The fourth-order valence-corrected chi connectivity index (χ4v) is 4.79. The van der Waals surface area contributed by atoms with Gasteiger partial charge in [-0.3, -0.25) is 9.48 Å². The number of halogens is 1. The first kappa shape index (κ1) is 21.8. The maximum absolute atomic E-state index is 13.1. The summed E-state index contributed by atoms with van der Waals surface area (Å²) in [4.78, 5) is 15.4. The summed E-state index contributed by atoms with van der Waals surface area (Å²) in [5.41, 5.74) is 2.41. The summed E-state index contributed by atoms with van der Waals surface area (Å²) >= 11 is 0. The Balaban J connectivity index is 1.28. The zero-order chi connectivity index (χ0) is 21.6. The van der Waals surface area contributed by atoms with Crippen LogP contribution in [-0.2, 0) is 20.0 Å². The summed E-state index contributed by atoms with van der Waals surface area (Å²) < 4.78 is 14.8.